The number of rotatable bonds is 7. The topological polar surface area (TPSA) is 82.1 Å². The Hall–Kier alpha value is -2.28. The summed E-state index contributed by atoms with van der Waals surface area (Å²) in [6.07, 6.45) is 5.92. The van der Waals surface area contributed by atoms with Crippen molar-refractivity contribution in [1.29, 1.82) is 0 Å². The smallest absolute Gasteiger partial charge is 0.342 e. The van der Waals surface area contributed by atoms with E-state index in [2.05, 4.69) is 40.0 Å². The third kappa shape index (κ3) is 4.46. The van der Waals surface area contributed by atoms with Gasteiger partial charge in [0.25, 0.3) is 0 Å². The molecule has 0 atom stereocenters. The lowest BCUT2D eigenvalue weighted by atomic mass is 10.1. The highest BCUT2D eigenvalue weighted by molar-refractivity contribution is 8.04. The largest absolute Gasteiger partial charge is 0.477 e. The zero-order valence-electron chi connectivity index (χ0n) is 15.2. The number of carboxylic acids is 1. The van der Waals surface area contributed by atoms with Crippen LogP contribution in [0.15, 0.2) is 28.3 Å². The molecule has 1 fully saturated rings. The van der Waals surface area contributed by atoms with Gasteiger partial charge in [-0.2, -0.15) is 0 Å². The van der Waals surface area contributed by atoms with Gasteiger partial charge in [-0.1, -0.05) is 13.0 Å². The number of aliphatic carboxylic acids is 1. The maximum absolute atomic E-state index is 11.6. The first-order chi connectivity index (χ1) is 12.6. The highest BCUT2D eigenvalue weighted by Gasteiger charge is 2.16. The molecule has 0 aliphatic carbocycles. The zero-order valence-corrected chi connectivity index (χ0v) is 16.0. The Kier molecular flexibility index (Phi) is 5.98. The van der Waals surface area contributed by atoms with Crippen LogP contribution in [-0.4, -0.2) is 39.3 Å². The lowest BCUT2D eigenvalue weighted by molar-refractivity contribution is -0.131. The van der Waals surface area contributed by atoms with E-state index >= 15 is 0 Å². The molecule has 0 unspecified atom stereocenters. The molecule has 26 heavy (non-hydrogen) atoms. The number of carbonyl (C=O) groups is 1. The molecule has 0 spiro atoms. The second-order valence-electron chi connectivity index (χ2n) is 6.47. The number of H-pyrrole nitrogens is 1. The van der Waals surface area contributed by atoms with Gasteiger partial charge >= 0.3 is 5.97 Å². The van der Waals surface area contributed by atoms with Crippen LogP contribution in [0, 0.1) is 6.92 Å². The molecule has 2 aromatic rings. The summed E-state index contributed by atoms with van der Waals surface area (Å²) in [5.74, 6) is -0.191. The standard InChI is InChI=1S/C19H24N4O2S/c1-3-6-17-20-19(22-21-17)26-16(18(24)25)12-14-7-8-15(13(2)11-14)23-9-4-5-10-23/h7-8,11-12H,3-6,9-10H2,1-2H3,(H,24,25)(H,20,21,22)/b16-12+. The van der Waals surface area contributed by atoms with E-state index in [1.165, 1.54) is 24.1 Å². The van der Waals surface area contributed by atoms with Crippen molar-refractivity contribution < 1.29 is 9.90 Å². The fourth-order valence-electron chi connectivity index (χ4n) is 3.14. The Bertz CT molecular complexity index is 810. The molecule has 1 saturated heterocycles. The Balaban J connectivity index is 1.79. The minimum Gasteiger partial charge on any atom is -0.477 e. The van der Waals surface area contributed by atoms with Crippen molar-refractivity contribution in [1.82, 2.24) is 15.2 Å². The van der Waals surface area contributed by atoms with E-state index in [0.29, 0.717) is 5.16 Å². The van der Waals surface area contributed by atoms with Gasteiger partial charge in [0.15, 0.2) is 0 Å². The molecular weight excluding hydrogens is 348 g/mol. The minimum atomic E-state index is -0.974. The minimum absolute atomic E-state index is 0.209. The third-order valence-corrected chi connectivity index (χ3v) is 5.25. The molecular formula is C19H24N4O2S. The van der Waals surface area contributed by atoms with Crippen LogP contribution in [0.4, 0.5) is 5.69 Å². The van der Waals surface area contributed by atoms with Gasteiger partial charge in [0.2, 0.25) is 5.16 Å². The maximum atomic E-state index is 11.6. The second-order valence-corrected chi connectivity index (χ2v) is 7.48. The van der Waals surface area contributed by atoms with Crippen LogP contribution in [0.25, 0.3) is 6.08 Å². The quantitative estimate of drug-likeness (QED) is 0.567. The molecule has 7 heteroatoms. The van der Waals surface area contributed by atoms with Gasteiger partial charge in [0.1, 0.15) is 10.7 Å². The molecule has 3 rings (SSSR count). The first kappa shape index (κ1) is 18.5. The fourth-order valence-corrected chi connectivity index (χ4v) is 3.86. The normalized spacial score (nSPS) is 14.8. The molecule has 0 amide bonds. The molecule has 1 aliphatic rings. The van der Waals surface area contributed by atoms with E-state index in [4.69, 9.17) is 0 Å². The van der Waals surface area contributed by atoms with E-state index < -0.39 is 5.97 Å². The number of aromatic amines is 1. The van der Waals surface area contributed by atoms with Crippen molar-refractivity contribution in [3.05, 3.63) is 40.1 Å². The van der Waals surface area contributed by atoms with Crippen LogP contribution in [0.1, 0.15) is 43.1 Å². The third-order valence-electron chi connectivity index (χ3n) is 4.38. The van der Waals surface area contributed by atoms with Gasteiger partial charge in [-0.25, -0.2) is 9.78 Å². The van der Waals surface area contributed by atoms with E-state index in [-0.39, 0.29) is 4.91 Å². The second kappa shape index (κ2) is 8.40. The van der Waals surface area contributed by atoms with Crippen LogP contribution >= 0.6 is 11.8 Å². The summed E-state index contributed by atoms with van der Waals surface area (Å²) in [6, 6.07) is 6.10. The molecule has 0 saturated carbocycles. The molecule has 2 heterocycles. The average molecular weight is 372 g/mol. The van der Waals surface area contributed by atoms with Gasteiger partial charge in [0.05, 0.1) is 0 Å². The van der Waals surface area contributed by atoms with Crippen molar-refractivity contribution >= 4 is 29.5 Å². The summed E-state index contributed by atoms with van der Waals surface area (Å²) in [4.78, 5) is 18.6. The predicted octanol–water partition coefficient (Wildman–Crippen LogP) is 3.88. The number of anilines is 1. The zero-order chi connectivity index (χ0) is 18.5. The van der Waals surface area contributed by atoms with E-state index in [1.807, 2.05) is 12.1 Å². The molecule has 1 aromatic heterocycles. The summed E-state index contributed by atoms with van der Waals surface area (Å²) in [7, 11) is 0. The number of carboxylic acid groups (broad SMARTS) is 1. The number of hydrogen-bond acceptors (Lipinski definition) is 5. The van der Waals surface area contributed by atoms with Crippen molar-refractivity contribution in [2.75, 3.05) is 18.0 Å². The first-order valence-corrected chi connectivity index (χ1v) is 9.78. The number of thioether (sulfide) groups is 1. The van der Waals surface area contributed by atoms with Crippen LogP contribution in [0.5, 0.6) is 0 Å². The lowest BCUT2D eigenvalue weighted by Crippen LogP contribution is -2.18. The van der Waals surface area contributed by atoms with Crippen LogP contribution in [0.2, 0.25) is 0 Å². The molecule has 0 radical (unpaired) electrons. The molecule has 6 nitrogen and oxygen atoms in total. The van der Waals surface area contributed by atoms with E-state index in [1.54, 1.807) is 6.08 Å². The number of aromatic nitrogens is 3. The number of nitrogens with zero attached hydrogens (tertiary/aromatic N) is 3. The van der Waals surface area contributed by atoms with Gasteiger partial charge in [-0.05, 0) is 67.3 Å². The number of hydrogen-bond donors (Lipinski definition) is 2. The van der Waals surface area contributed by atoms with Crippen molar-refractivity contribution in [3.8, 4) is 0 Å². The summed E-state index contributed by atoms with van der Waals surface area (Å²) >= 11 is 1.07. The van der Waals surface area contributed by atoms with E-state index in [0.717, 1.165) is 49.1 Å². The summed E-state index contributed by atoms with van der Waals surface area (Å²) < 4.78 is 0. The predicted molar refractivity (Wildman–Crippen MR) is 104 cm³/mol. The van der Waals surface area contributed by atoms with E-state index in [9.17, 15) is 9.90 Å². The highest BCUT2D eigenvalue weighted by Crippen LogP contribution is 2.29. The Labute approximate surface area is 157 Å². The van der Waals surface area contributed by atoms with Crippen LogP contribution in [0.3, 0.4) is 0 Å². The van der Waals surface area contributed by atoms with Gasteiger partial charge in [-0.15, -0.1) is 5.10 Å². The maximum Gasteiger partial charge on any atom is 0.342 e. The summed E-state index contributed by atoms with van der Waals surface area (Å²) in [5, 5.41) is 16.9. The van der Waals surface area contributed by atoms with Gasteiger partial charge in [-0.3, -0.25) is 5.10 Å². The van der Waals surface area contributed by atoms with Gasteiger partial charge in [0, 0.05) is 25.2 Å². The molecule has 138 valence electrons. The number of benzene rings is 1. The van der Waals surface area contributed by atoms with Crippen molar-refractivity contribution in [2.45, 2.75) is 44.7 Å². The Morgan fingerprint density at radius 3 is 2.81 bits per heavy atom. The molecule has 1 aromatic carbocycles. The number of nitrogens with one attached hydrogen (secondary N) is 1. The summed E-state index contributed by atoms with van der Waals surface area (Å²) in [6.45, 7) is 6.32. The van der Waals surface area contributed by atoms with Gasteiger partial charge < -0.3 is 10.0 Å². The lowest BCUT2D eigenvalue weighted by Gasteiger charge is -2.20. The summed E-state index contributed by atoms with van der Waals surface area (Å²) in [5.41, 5.74) is 3.28. The first-order valence-electron chi connectivity index (χ1n) is 8.96. The average Bonchev–Trinajstić information content (AvgIpc) is 3.27. The van der Waals surface area contributed by atoms with Crippen LogP contribution < -0.4 is 4.90 Å². The SMILES string of the molecule is CCCc1nc(S/C(=C/c2ccc(N3CCCC3)c(C)c2)C(=O)O)n[nH]1. The molecule has 2 N–H and O–H groups in total. The highest BCUT2D eigenvalue weighted by atomic mass is 32.2. The Morgan fingerprint density at radius 1 is 1.38 bits per heavy atom. The molecule has 0 bridgehead atoms. The van der Waals surface area contributed by atoms with Crippen molar-refractivity contribution in [3.63, 3.8) is 0 Å². The molecule has 1 aliphatic heterocycles. The fraction of sp³-hybridized carbons (Fsp3) is 0.421. The Morgan fingerprint density at radius 2 is 2.15 bits per heavy atom. The van der Waals surface area contributed by atoms with Crippen LogP contribution in [-0.2, 0) is 11.2 Å². The number of aryl methyl sites for hydroxylation is 2. The van der Waals surface area contributed by atoms with Crippen molar-refractivity contribution in [2.24, 2.45) is 0 Å². The monoisotopic (exact) mass is 372 g/mol.